The van der Waals surface area contributed by atoms with E-state index >= 15 is 0 Å². The van der Waals surface area contributed by atoms with Crippen LogP contribution in [0.15, 0.2) is 29.8 Å². The van der Waals surface area contributed by atoms with Crippen molar-refractivity contribution in [2.45, 2.75) is 25.9 Å². The predicted octanol–water partition coefficient (Wildman–Crippen LogP) is 2.97. The van der Waals surface area contributed by atoms with Gasteiger partial charge in [0.2, 0.25) is 0 Å². The standard InChI is InChI=1S/C16H18ClN3OS/c1-11(20-7-4-14-12(10-20)5-8-22-14)9-19-16(21)13-3-2-6-18-15(13)17/h2-3,5-6,8,11H,4,7,9-10H2,1H3,(H,19,21). The fourth-order valence-electron chi connectivity index (χ4n) is 2.67. The lowest BCUT2D eigenvalue weighted by Crippen LogP contribution is -2.44. The molecule has 6 heteroatoms. The highest BCUT2D eigenvalue weighted by molar-refractivity contribution is 7.10. The number of halogens is 1. The maximum Gasteiger partial charge on any atom is 0.254 e. The van der Waals surface area contributed by atoms with Crippen LogP contribution < -0.4 is 5.32 Å². The third-order valence-corrected chi connectivity index (χ3v) is 5.35. The summed E-state index contributed by atoms with van der Waals surface area (Å²) in [6, 6.07) is 5.89. The van der Waals surface area contributed by atoms with E-state index in [2.05, 4.69) is 33.6 Å². The fourth-order valence-corrected chi connectivity index (χ4v) is 3.76. The second kappa shape index (κ2) is 6.77. The molecular formula is C16H18ClN3OS. The Morgan fingerprint density at radius 2 is 2.41 bits per heavy atom. The Kier molecular flexibility index (Phi) is 4.76. The number of carbonyl (C=O) groups excluding carboxylic acids is 1. The Morgan fingerprint density at radius 1 is 1.55 bits per heavy atom. The summed E-state index contributed by atoms with van der Waals surface area (Å²) in [5.41, 5.74) is 1.85. The first-order valence-corrected chi connectivity index (χ1v) is 8.59. The third kappa shape index (κ3) is 3.32. The predicted molar refractivity (Wildman–Crippen MR) is 89.5 cm³/mol. The Morgan fingerprint density at radius 3 is 3.23 bits per heavy atom. The molecule has 0 bridgehead atoms. The summed E-state index contributed by atoms with van der Waals surface area (Å²) >= 11 is 7.78. The number of pyridine rings is 1. The number of amides is 1. The first-order chi connectivity index (χ1) is 10.6. The molecule has 0 spiro atoms. The number of carbonyl (C=O) groups is 1. The van der Waals surface area contributed by atoms with Gasteiger partial charge in [-0.25, -0.2) is 4.98 Å². The summed E-state index contributed by atoms with van der Waals surface area (Å²) in [4.78, 5) is 20.0. The van der Waals surface area contributed by atoms with E-state index in [4.69, 9.17) is 11.6 Å². The maximum absolute atomic E-state index is 12.2. The highest BCUT2D eigenvalue weighted by Gasteiger charge is 2.22. The van der Waals surface area contributed by atoms with Gasteiger partial charge >= 0.3 is 0 Å². The van der Waals surface area contributed by atoms with Crippen LogP contribution >= 0.6 is 22.9 Å². The van der Waals surface area contributed by atoms with E-state index in [1.165, 1.54) is 10.4 Å². The number of aromatic nitrogens is 1. The molecule has 0 radical (unpaired) electrons. The van der Waals surface area contributed by atoms with Crippen molar-refractivity contribution < 1.29 is 4.79 Å². The number of nitrogens with zero attached hydrogens (tertiary/aromatic N) is 2. The fraction of sp³-hybridized carbons (Fsp3) is 0.375. The monoisotopic (exact) mass is 335 g/mol. The van der Waals surface area contributed by atoms with E-state index in [0.29, 0.717) is 12.1 Å². The first kappa shape index (κ1) is 15.5. The van der Waals surface area contributed by atoms with Crippen LogP contribution in [0.2, 0.25) is 5.15 Å². The van der Waals surface area contributed by atoms with Crippen LogP contribution in [0.25, 0.3) is 0 Å². The zero-order valence-electron chi connectivity index (χ0n) is 12.4. The molecule has 2 aromatic rings. The second-order valence-electron chi connectivity index (χ2n) is 5.49. The van der Waals surface area contributed by atoms with Gasteiger partial charge in [-0.2, -0.15) is 0 Å². The smallest absolute Gasteiger partial charge is 0.254 e. The number of thiophene rings is 1. The normalized spacial score (nSPS) is 16.1. The molecule has 1 amide bonds. The highest BCUT2D eigenvalue weighted by Crippen LogP contribution is 2.25. The van der Waals surface area contributed by atoms with E-state index in [0.717, 1.165) is 19.5 Å². The number of hydrogen-bond donors (Lipinski definition) is 1. The molecule has 1 aliphatic heterocycles. The van der Waals surface area contributed by atoms with E-state index < -0.39 is 0 Å². The molecule has 1 N–H and O–H groups in total. The van der Waals surface area contributed by atoms with Crippen LogP contribution in [0.1, 0.15) is 27.7 Å². The number of rotatable bonds is 4. The Hall–Kier alpha value is -1.43. The molecule has 22 heavy (non-hydrogen) atoms. The lowest BCUT2D eigenvalue weighted by molar-refractivity contribution is 0.0932. The van der Waals surface area contributed by atoms with Gasteiger partial charge in [0.05, 0.1) is 5.56 Å². The van der Waals surface area contributed by atoms with Gasteiger partial charge in [-0.15, -0.1) is 11.3 Å². The minimum Gasteiger partial charge on any atom is -0.350 e. The average Bonchev–Trinajstić information content (AvgIpc) is 3.00. The van der Waals surface area contributed by atoms with E-state index in [1.54, 1.807) is 18.3 Å². The molecule has 2 aromatic heterocycles. The van der Waals surface area contributed by atoms with Crippen molar-refractivity contribution in [1.82, 2.24) is 15.2 Å². The molecule has 0 aromatic carbocycles. The van der Waals surface area contributed by atoms with Crippen molar-refractivity contribution in [3.8, 4) is 0 Å². The average molecular weight is 336 g/mol. The summed E-state index contributed by atoms with van der Waals surface area (Å²) in [6.45, 7) is 4.74. The third-order valence-electron chi connectivity index (χ3n) is 4.02. The van der Waals surface area contributed by atoms with Crippen molar-refractivity contribution in [3.05, 3.63) is 50.9 Å². The molecule has 3 rings (SSSR count). The van der Waals surface area contributed by atoms with Crippen molar-refractivity contribution in [2.24, 2.45) is 0 Å². The molecule has 0 saturated heterocycles. The van der Waals surface area contributed by atoms with Crippen molar-refractivity contribution >= 4 is 28.8 Å². The summed E-state index contributed by atoms with van der Waals surface area (Å²) in [5, 5.41) is 5.35. The number of nitrogens with one attached hydrogen (secondary N) is 1. The van der Waals surface area contributed by atoms with Gasteiger partial charge in [0.1, 0.15) is 5.15 Å². The van der Waals surface area contributed by atoms with E-state index in [9.17, 15) is 4.79 Å². The molecule has 4 nitrogen and oxygen atoms in total. The van der Waals surface area contributed by atoms with Gasteiger partial charge < -0.3 is 5.32 Å². The quantitative estimate of drug-likeness (QED) is 0.874. The Bertz CT molecular complexity index is 673. The number of hydrogen-bond acceptors (Lipinski definition) is 4. The molecule has 116 valence electrons. The van der Waals surface area contributed by atoms with Crippen LogP contribution in [0.5, 0.6) is 0 Å². The molecule has 1 atom stereocenters. The summed E-state index contributed by atoms with van der Waals surface area (Å²) < 4.78 is 0. The minimum atomic E-state index is -0.168. The van der Waals surface area contributed by atoms with Crippen molar-refractivity contribution in [3.63, 3.8) is 0 Å². The number of fused-ring (bicyclic) bond motifs is 1. The van der Waals surface area contributed by atoms with Crippen LogP contribution in [-0.2, 0) is 13.0 Å². The summed E-state index contributed by atoms with van der Waals surface area (Å²) in [5.74, 6) is -0.168. The van der Waals surface area contributed by atoms with E-state index in [-0.39, 0.29) is 17.1 Å². The molecule has 3 heterocycles. The lowest BCUT2D eigenvalue weighted by Gasteiger charge is -2.32. The molecule has 0 fully saturated rings. The summed E-state index contributed by atoms with van der Waals surface area (Å²) in [7, 11) is 0. The maximum atomic E-state index is 12.2. The van der Waals surface area contributed by atoms with Crippen LogP contribution in [-0.4, -0.2) is 34.9 Å². The highest BCUT2D eigenvalue weighted by atomic mass is 35.5. The molecule has 1 unspecified atom stereocenters. The second-order valence-corrected chi connectivity index (χ2v) is 6.85. The lowest BCUT2D eigenvalue weighted by atomic mass is 10.1. The topological polar surface area (TPSA) is 45.2 Å². The van der Waals surface area contributed by atoms with Crippen molar-refractivity contribution in [1.29, 1.82) is 0 Å². The van der Waals surface area contributed by atoms with E-state index in [1.807, 2.05) is 11.3 Å². The van der Waals surface area contributed by atoms with Gasteiger partial charge in [0, 0.05) is 36.8 Å². The first-order valence-electron chi connectivity index (χ1n) is 7.33. The molecule has 0 aliphatic carbocycles. The van der Waals surface area contributed by atoms with Crippen LogP contribution in [0.3, 0.4) is 0 Å². The largest absolute Gasteiger partial charge is 0.350 e. The van der Waals surface area contributed by atoms with Gasteiger partial charge in [-0.3, -0.25) is 9.69 Å². The molecule has 0 saturated carbocycles. The SMILES string of the molecule is CC(CNC(=O)c1cccnc1Cl)N1CCc2sccc2C1. The van der Waals surface area contributed by atoms with Crippen LogP contribution in [0.4, 0.5) is 0 Å². The van der Waals surface area contributed by atoms with Gasteiger partial charge in [-0.1, -0.05) is 11.6 Å². The Balaban J connectivity index is 1.56. The summed E-state index contributed by atoms with van der Waals surface area (Å²) in [6.07, 6.45) is 2.67. The molecular weight excluding hydrogens is 318 g/mol. The zero-order valence-corrected chi connectivity index (χ0v) is 14.0. The zero-order chi connectivity index (χ0) is 15.5. The minimum absolute atomic E-state index is 0.168. The molecule has 1 aliphatic rings. The van der Waals surface area contributed by atoms with Gasteiger partial charge in [0.25, 0.3) is 5.91 Å². The van der Waals surface area contributed by atoms with Crippen molar-refractivity contribution in [2.75, 3.05) is 13.1 Å². The van der Waals surface area contributed by atoms with Gasteiger partial charge in [0.15, 0.2) is 0 Å². The Labute approximate surface area is 139 Å². The van der Waals surface area contributed by atoms with Crippen LogP contribution in [0, 0.1) is 0 Å². The van der Waals surface area contributed by atoms with Gasteiger partial charge in [-0.05, 0) is 42.5 Å².